The lowest BCUT2D eigenvalue weighted by Crippen LogP contribution is -2.13. The van der Waals surface area contributed by atoms with Gasteiger partial charge in [0.15, 0.2) is 0 Å². The average Bonchev–Trinajstić information content (AvgIpc) is 2.86. The van der Waals surface area contributed by atoms with E-state index in [0.29, 0.717) is 11.6 Å². The zero-order chi connectivity index (χ0) is 11.4. The Kier molecular flexibility index (Phi) is 3.64. The van der Waals surface area contributed by atoms with Crippen LogP contribution in [0.3, 0.4) is 0 Å². The molecule has 86 valence electrons. The number of aromatic nitrogens is 2. The second kappa shape index (κ2) is 5.18. The van der Waals surface area contributed by atoms with Crippen LogP contribution in [0.2, 0.25) is 5.02 Å². The molecule has 1 N–H and O–H groups in total. The zero-order valence-corrected chi connectivity index (χ0v) is 9.87. The van der Waals surface area contributed by atoms with Crippen molar-refractivity contribution in [1.82, 2.24) is 15.1 Å². The predicted octanol–water partition coefficient (Wildman–Crippen LogP) is 2.29. The number of hydrogen-bond donors (Lipinski definition) is 1. The zero-order valence-electron chi connectivity index (χ0n) is 9.11. The van der Waals surface area contributed by atoms with Gasteiger partial charge >= 0.3 is 0 Å². The van der Waals surface area contributed by atoms with Gasteiger partial charge in [-0.15, -0.1) is 0 Å². The van der Waals surface area contributed by atoms with Crippen LogP contribution in [0.15, 0.2) is 29.1 Å². The largest absolute Gasteiger partial charge is 0.467 e. The smallest absolute Gasteiger partial charge is 0.129 e. The van der Waals surface area contributed by atoms with Gasteiger partial charge in [0.05, 0.1) is 24.0 Å². The van der Waals surface area contributed by atoms with Crippen molar-refractivity contribution < 1.29 is 4.42 Å². The fraction of sp³-hybridized carbons (Fsp3) is 0.364. The lowest BCUT2D eigenvalue weighted by molar-refractivity contribution is 0.473. The Morgan fingerprint density at radius 1 is 1.56 bits per heavy atom. The lowest BCUT2D eigenvalue weighted by atomic mass is 10.2. The SMILES string of the molecule is CCNCc1ccoc1Cn1cc(Cl)cn1. The van der Waals surface area contributed by atoms with Crippen LogP contribution in [0.5, 0.6) is 0 Å². The first-order valence-electron chi connectivity index (χ1n) is 5.23. The number of halogens is 1. The van der Waals surface area contributed by atoms with Crippen molar-refractivity contribution in [2.75, 3.05) is 6.54 Å². The fourth-order valence-electron chi connectivity index (χ4n) is 1.49. The van der Waals surface area contributed by atoms with Crippen LogP contribution in [0.4, 0.5) is 0 Å². The fourth-order valence-corrected chi connectivity index (χ4v) is 1.65. The molecule has 0 saturated heterocycles. The normalized spacial score (nSPS) is 10.9. The van der Waals surface area contributed by atoms with Gasteiger partial charge in [0.2, 0.25) is 0 Å². The maximum absolute atomic E-state index is 5.80. The molecule has 16 heavy (non-hydrogen) atoms. The van der Waals surface area contributed by atoms with Crippen LogP contribution in [0.1, 0.15) is 18.2 Å². The molecule has 0 aliphatic carbocycles. The molecule has 0 aromatic carbocycles. The molecule has 4 nitrogen and oxygen atoms in total. The minimum Gasteiger partial charge on any atom is -0.467 e. The van der Waals surface area contributed by atoms with E-state index in [4.69, 9.17) is 16.0 Å². The van der Waals surface area contributed by atoms with Crippen LogP contribution < -0.4 is 5.32 Å². The van der Waals surface area contributed by atoms with Gasteiger partial charge in [-0.1, -0.05) is 18.5 Å². The van der Waals surface area contributed by atoms with Gasteiger partial charge < -0.3 is 9.73 Å². The number of nitrogens with zero attached hydrogens (tertiary/aromatic N) is 2. The van der Waals surface area contributed by atoms with Crippen molar-refractivity contribution in [3.05, 3.63) is 41.1 Å². The summed E-state index contributed by atoms with van der Waals surface area (Å²) in [5, 5.41) is 8.02. The maximum atomic E-state index is 5.80. The maximum Gasteiger partial charge on any atom is 0.129 e. The van der Waals surface area contributed by atoms with Gasteiger partial charge in [-0.05, 0) is 12.6 Å². The van der Waals surface area contributed by atoms with Gasteiger partial charge in [-0.2, -0.15) is 5.10 Å². The van der Waals surface area contributed by atoms with E-state index in [0.717, 1.165) is 24.4 Å². The first kappa shape index (κ1) is 11.2. The molecule has 0 spiro atoms. The quantitative estimate of drug-likeness (QED) is 0.871. The lowest BCUT2D eigenvalue weighted by Gasteiger charge is -2.03. The Bertz CT molecular complexity index is 450. The molecule has 0 aliphatic heterocycles. The number of nitrogens with one attached hydrogen (secondary N) is 1. The average molecular weight is 240 g/mol. The van der Waals surface area contributed by atoms with E-state index in [2.05, 4.69) is 17.3 Å². The summed E-state index contributed by atoms with van der Waals surface area (Å²) in [6, 6.07) is 1.98. The molecule has 0 bridgehead atoms. The second-order valence-corrected chi connectivity index (χ2v) is 3.94. The van der Waals surface area contributed by atoms with Crippen LogP contribution in [-0.4, -0.2) is 16.3 Å². The monoisotopic (exact) mass is 239 g/mol. The second-order valence-electron chi connectivity index (χ2n) is 3.51. The molecule has 2 aromatic rings. The molecule has 0 unspecified atom stereocenters. The number of hydrogen-bond acceptors (Lipinski definition) is 3. The molecule has 0 amide bonds. The van der Waals surface area contributed by atoms with E-state index in [1.807, 2.05) is 6.07 Å². The van der Waals surface area contributed by atoms with E-state index >= 15 is 0 Å². The Morgan fingerprint density at radius 3 is 3.12 bits per heavy atom. The summed E-state index contributed by atoms with van der Waals surface area (Å²) in [4.78, 5) is 0. The summed E-state index contributed by atoms with van der Waals surface area (Å²) in [7, 11) is 0. The molecule has 0 aliphatic rings. The van der Waals surface area contributed by atoms with Crippen molar-refractivity contribution >= 4 is 11.6 Å². The highest BCUT2D eigenvalue weighted by Gasteiger charge is 2.07. The molecule has 0 atom stereocenters. The highest BCUT2D eigenvalue weighted by atomic mass is 35.5. The van der Waals surface area contributed by atoms with E-state index in [1.165, 1.54) is 0 Å². The Labute approximate surface area is 99.2 Å². The molecule has 2 heterocycles. The summed E-state index contributed by atoms with van der Waals surface area (Å²) >= 11 is 5.80. The highest BCUT2D eigenvalue weighted by molar-refractivity contribution is 6.30. The first-order valence-corrected chi connectivity index (χ1v) is 5.61. The summed E-state index contributed by atoms with van der Waals surface area (Å²) in [6.45, 7) is 4.45. The Balaban J connectivity index is 2.06. The van der Waals surface area contributed by atoms with Crippen LogP contribution in [0, 0.1) is 0 Å². The number of rotatable bonds is 5. The predicted molar refractivity (Wildman–Crippen MR) is 62.4 cm³/mol. The van der Waals surface area contributed by atoms with E-state index < -0.39 is 0 Å². The Morgan fingerprint density at radius 2 is 2.44 bits per heavy atom. The van der Waals surface area contributed by atoms with E-state index in [-0.39, 0.29) is 0 Å². The molecular weight excluding hydrogens is 226 g/mol. The minimum absolute atomic E-state index is 0.612. The molecule has 2 rings (SSSR count). The van der Waals surface area contributed by atoms with Gasteiger partial charge in [-0.25, -0.2) is 0 Å². The van der Waals surface area contributed by atoms with Crippen molar-refractivity contribution in [1.29, 1.82) is 0 Å². The Hall–Kier alpha value is -1.26. The van der Waals surface area contributed by atoms with E-state index in [9.17, 15) is 0 Å². The van der Waals surface area contributed by atoms with Gasteiger partial charge in [-0.3, -0.25) is 4.68 Å². The van der Waals surface area contributed by atoms with E-state index in [1.54, 1.807) is 23.3 Å². The summed E-state index contributed by atoms with van der Waals surface area (Å²) < 4.78 is 7.19. The molecule has 2 aromatic heterocycles. The summed E-state index contributed by atoms with van der Waals surface area (Å²) in [6.07, 6.45) is 5.10. The minimum atomic E-state index is 0.612. The van der Waals surface area contributed by atoms with Gasteiger partial charge in [0, 0.05) is 18.3 Å². The van der Waals surface area contributed by atoms with Gasteiger partial charge in [0.25, 0.3) is 0 Å². The van der Waals surface area contributed by atoms with Crippen molar-refractivity contribution in [3.63, 3.8) is 0 Å². The molecule has 0 fully saturated rings. The topological polar surface area (TPSA) is 43.0 Å². The van der Waals surface area contributed by atoms with Crippen molar-refractivity contribution in [3.8, 4) is 0 Å². The summed E-state index contributed by atoms with van der Waals surface area (Å²) in [5.74, 6) is 0.917. The van der Waals surface area contributed by atoms with Gasteiger partial charge in [0.1, 0.15) is 5.76 Å². The molecule has 5 heteroatoms. The molecule has 0 radical (unpaired) electrons. The van der Waals surface area contributed by atoms with Crippen LogP contribution in [-0.2, 0) is 13.1 Å². The van der Waals surface area contributed by atoms with Crippen LogP contribution >= 0.6 is 11.6 Å². The summed E-state index contributed by atoms with van der Waals surface area (Å²) in [5.41, 5.74) is 1.16. The third kappa shape index (κ3) is 2.65. The van der Waals surface area contributed by atoms with Crippen molar-refractivity contribution in [2.45, 2.75) is 20.0 Å². The molecule has 0 saturated carbocycles. The third-order valence-corrected chi connectivity index (χ3v) is 2.51. The van der Waals surface area contributed by atoms with Crippen molar-refractivity contribution in [2.24, 2.45) is 0 Å². The molecular formula is C11H14ClN3O. The standard InChI is InChI=1S/C11H14ClN3O/c1-2-13-5-9-3-4-16-11(9)8-15-7-10(12)6-14-15/h3-4,6-7,13H,2,5,8H2,1H3. The highest BCUT2D eigenvalue weighted by Crippen LogP contribution is 2.13. The first-order chi connectivity index (χ1) is 7.79. The number of furan rings is 1. The third-order valence-electron chi connectivity index (χ3n) is 2.31. The van der Waals surface area contributed by atoms with Crippen LogP contribution in [0.25, 0.3) is 0 Å².